The smallest absolute Gasteiger partial charge is 0.332 e. The molecule has 2 heterocycles. The van der Waals surface area contributed by atoms with Crippen LogP contribution < -0.4 is 0 Å². The van der Waals surface area contributed by atoms with Crippen molar-refractivity contribution in [3.8, 4) is 11.4 Å². The summed E-state index contributed by atoms with van der Waals surface area (Å²) in [6.07, 6.45) is -0.472. The lowest BCUT2D eigenvalue weighted by atomic mass is 10.1. The lowest BCUT2D eigenvalue weighted by Gasteiger charge is -2.05. The fraction of sp³-hybridized carbons (Fsp3) is 0.357. The maximum absolute atomic E-state index is 13.3. The summed E-state index contributed by atoms with van der Waals surface area (Å²) in [5, 5.41) is 12.7. The molecule has 2 aromatic rings. The quantitative estimate of drug-likeness (QED) is 0.935. The SMILES string of the molecule is Cc1ccc(F)cc1-c1noc(C2CCC(C(=O)O)O2)n1. The minimum absolute atomic E-state index is 0.220. The van der Waals surface area contributed by atoms with Crippen molar-refractivity contribution < 1.29 is 23.6 Å². The van der Waals surface area contributed by atoms with E-state index in [4.69, 9.17) is 14.4 Å². The molecule has 0 radical (unpaired) electrons. The largest absolute Gasteiger partial charge is 0.479 e. The van der Waals surface area contributed by atoms with Crippen LogP contribution in [0.15, 0.2) is 22.7 Å². The number of hydrogen-bond donors (Lipinski definition) is 1. The Labute approximate surface area is 119 Å². The Kier molecular flexibility index (Phi) is 3.42. The molecule has 2 atom stereocenters. The maximum Gasteiger partial charge on any atom is 0.332 e. The molecule has 0 amide bonds. The van der Waals surface area contributed by atoms with Gasteiger partial charge < -0.3 is 14.4 Å². The highest BCUT2D eigenvalue weighted by Crippen LogP contribution is 2.33. The predicted molar refractivity (Wildman–Crippen MR) is 68.9 cm³/mol. The average Bonchev–Trinajstić information content (AvgIpc) is 3.09. The van der Waals surface area contributed by atoms with Gasteiger partial charge >= 0.3 is 5.97 Å². The van der Waals surface area contributed by atoms with Crippen molar-refractivity contribution >= 4 is 5.97 Å². The Morgan fingerprint density at radius 2 is 2.24 bits per heavy atom. The second kappa shape index (κ2) is 5.25. The number of carboxylic acids is 1. The van der Waals surface area contributed by atoms with Crippen molar-refractivity contribution in [3.05, 3.63) is 35.5 Å². The van der Waals surface area contributed by atoms with Gasteiger partial charge in [0.2, 0.25) is 5.82 Å². The number of rotatable bonds is 3. The molecule has 0 saturated carbocycles. The van der Waals surface area contributed by atoms with Gasteiger partial charge in [0.15, 0.2) is 6.10 Å². The standard InChI is InChI=1S/C14H13FN2O4/c1-7-2-3-8(15)6-9(7)12-16-13(21-17-12)10-4-5-11(20-10)14(18)19/h2-3,6,10-11H,4-5H2,1H3,(H,18,19). The van der Waals surface area contributed by atoms with Crippen LogP contribution in [0, 0.1) is 12.7 Å². The lowest BCUT2D eigenvalue weighted by Crippen LogP contribution is -2.18. The molecule has 0 spiro atoms. The van der Waals surface area contributed by atoms with Gasteiger partial charge in [-0.05, 0) is 37.5 Å². The molecule has 1 aliphatic heterocycles. The first kappa shape index (κ1) is 13.7. The van der Waals surface area contributed by atoms with Gasteiger partial charge in [-0.1, -0.05) is 11.2 Å². The van der Waals surface area contributed by atoms with E-state index in [-0.39, 0.29) is 17.5 Å². The Hall–Kier alpha value is -2.28. The van der Waals surface area contributed by atoms with Gasteiger partial charge in [0, 0.05) is 5.56 Å². The summed E-state index contributed by atoms with van der Waals surface area (Å²) in [4.78, 5) is 15.0. The van der Waals surface area contributed by atoms with Gasteiger partial charge in [-0.3, -0.25) is 0 Å². The number of aryl methyl sites for hydroxylation is 1. The first-order valence-corrected chi connectivity index (χ1v) is 6.53. The Bertz CT molecular complexity index is 685. The Morgan fingerprint density at radius 3 is 2.95 bits per heavy atom. The summed E-state index contributed by atoms with van der Waals surface area (Å²) < 4.78 is 23.8. The molecule has 1 aromatic carbocycles. The van der Waals surface area contributed by atoms with Gasteiger partial charge in [0.25, 0.3) is 5.89 Å². The van der Waals surface area contributed by atoms with E-state index in [1.165, 1.54) is 12.1 Å². The Balaban J connectivity index is 1.84. The van der Waals surface area contributed by atoms with E-state index in [1.54, 1.807) is 6.07 Å². The number of carboxylic acid groups (broad SMARTS) is 1. The molecule has 110 valence electrons. The van der Waals surface area contributed by atoms with E-state index in [1.807, 2.05) is 6.92 Å². The molecule has 0 bridgehead atoms. The predicted octanol–water partition coefficient (Wildman–Crippen LogP) is 2.49. The van der Waals surface area contributed by atoms with Crippen LogP contribution in [0.25, 0.3) is 11.4 Å². The molecule has 1 saturated heterocycles. The van der Waals surface area contributed by atoms with Crippen molar-refractivity contribution in [2.24, 2.45) is 0 Å². The number of aliphatic carboxylic acids is 1. The van der Waals surface area contributed by atoms with Crippen LogP contribution in [0.4, 0.5) is 4.39 Å². The van der Waals surface area contributed by atoms with E-state index < -0.39 is 18.2 Å². The van der Waals surface area contributed by atoms with E-state index in [0.717, 1.165) is 5.56 Å². The zero-order chi connectivity index (χ0) is 15.0. The van der Waals surface area contributed by atoms with Crippen molar-refractivity contribution in [1.82, 2.24) is 10.1 Å². The number of hydrogen-bond acceptors (Lipinski definition) is 5. The summed E-state index contributed by atoms with van der Waals surface area (Å²) in [7, 11) is 0. The van der Waals surface area contributed by atoms with Crippen LogP contribution in [-0.2, 0) is 9.53 Å². The third-order valence-electron chi connectivity index (χ3n) is 3.45. The first-order chi connectivity index (χ1) is 10.0. The van der Waals surface area contributed by atoms with Crippen LogP contribution in [0.2, 0.25) is 0 Å². The summed E-state index contributed by atoms with van der Waals surface area (Å²) in [5.74, 6) is -0.898. The van der Waals surface area contributed by atoms with E-state index >= 15 is 0 Å². The van der Waals surface area contributed by atoms with Crippen molar-refractivity contribution in [3.63, 3.8) is 0 Å². The number of ether oxygens (including phenoxy) is 1. The monoisotopic (exact) mass is 292 g/mol. The number of benzene rings is 1. The number of aromatic nitrogens is 2. The summed E-state index contributed by atoms with van der Waals surface area (Å²) in [5.41, 5.74) is 1.36. The first-order valence-electron chi connectivity index (χ1n) is 6.53. The fourth-order valence-electron chi connectivity index (χ4n) is 2.31. The molecular formula is C14H13FN2O4. The molecule has 1 aliphatic rings. The van der Waals surface area contributed by atoms with E-state index in [0.29, 0.717) is 18.4 Å². The van der Waals surface area contributed by atoms with Gasteiger partial charge in [-0.2, -0.15) is 4.98 Å². The molecule has 7 heteroatoms. The second-order valence-electron chi connectivity index (χ2n) is 4.94. The zero-order valence-corrected chi connectivity index (χ0v) is 11.2. The highest BCUT2D eigenvalue weighted by Gasteiger charge is 2.34. The third-order valence-corrected chi connectivity index (χ3v) is 3.45. The summed E-state index contributed by atoms with van der Waals surface area (Å²) >= 11 is 0. The summed E-state index contributed by atoms with van der Waals surface area (Å²) in [6, 6.07) is 4.32. The molecule has 1 N–H and O–H groups in total. The molecule has 3 rings (SSSR count). The van der Waals surface area contributed by atoms with Crippen LogP contribution in [0.5, 0.6) is 0 Å². The van der Waals surface area contributed by atoms with Crippen molar-refractivity contribution in [2.75, 3.05) is 0 Å². The average molecular weight is 292 g/mol. The molecular weight excluding hydrogens is 279 g/mol. The lowest BCUT2D eigenvalue weighted by molar-refractivity contribution is -0.150. The van der Waals surface area contributed by atoms with Gasteiger partial charge in [0.1, 0.15) is 11.9 Å². The van der Waals surface area contributed by atoms with Gasteiger partial charge in [-0.25, -0.2) is 9.18 Å². The minimum Gasteiger partial charge on any atom is -0.479 e. The van der Waals surface area contributed by atoms with Crippen LogP contribution in [-0.4, -0.2) is 27.3 Å². The molecule has 0 aliphatic carbocycles. The number of halogens is 1. The van der Waals surface area contributed by atoms with Crippen LogP contribution >= 0.6 is 0 Å². The third kappa shape index (κ3) is 2.64. The molecule has 6 nitrogen and oxygen atoms in total. The molecule has 21 heavy (non-hydrogen) atoms. The Morgan fingerprint density at radius 1 is 1.43 bits per heavy atom. The number of nitrogens with zero attached hydrogens (tertiary/aromatic N) is 2. The summed E-state index contributed by atoms with van der Waals surface area (Å²) in [6.45, 7) is 1.82. The second-order valence-corrected chi connectivity index (χ2v) is 4.94. The number of carbonyl (C=O) groups is 1. The zero-order valence-electron chi connectivity index (χ0n) is 11.2. The highest BCUT2D eigenvalue weighted by atomic mass is 19.1. The van der Waals surface area contributed by atoms with E-state index in [2.05, 4.69) is 10.1 Å². The van der Waals surface area contributed by atoms with Crippen molar-refractivity contribution in [1.29, 1.82) is 0 Å². The van der Waals surface area contributed by atoms with E-state index in [9.17, 15) is 9.18 Å². The van der Waals surface area contributed by atoms with Gasteiger partial charge in [-0.15, -0.1) is 0 Å². The normalized spacial score (nSPS) is 21.6. The maximum atomic E-state index is 13.3. The molecule has 1 aromatic heterocycles. The van der Waals surface area contributed by atoms with Gasteiger partial charge in [0.05, 0.1) is 0 Å². The molecule has 1 fully saturated rings. The highest BCUT2D eigenvalue weighted by molar-refractivity contribution is 5.72. The van der Waals surface area contributed by atoms with Crippen molar-refractivity contribution in [2.45, 2.75) is 32.0 Å². The molecule has 2 unspecified atom stereocenters. The minimum atomic E-state index is -1.00. The van der Waals surface area contributed by atoms with Crippen LogP contribution in [0.1, 0.15) is 30.4 Å². The fourth-order valence-corrected chi connectivity index (χ4v) is 2.31. The topological polar surface area (TPSA) is 85.5 Å². The van der Waals surface area contributed by atoms with Crippen LogP contribution in [0.3, 0.4) is 0 Å².